The number of amides is 2. The fourth-order valence-corrected chi connectivity index (χ4v) is 5.37. The minimum atomic E-state index is -0.963. The number of aryl methyl sites for hydroxylation is 1. The first-order chi connectivity index (χ1) is 17.4. The van der Waals surface area contributed by atoms with Crippen molar-refractivity contribution >= 4 is 63.5 Å². The van der Waals surface area contributed by atoms with Crippen LogP contribution in [0.1, 0.15) is 38.3 Å². The van der Waals surface area contributed by atoms with Crippen LogP contribution in [0.15, 0.2) is 47.6 Å². The zero-order valence-electron chi connectivity index (χ0n) is 19.1. The fourth-order valence-electron chi connectivity index (χ4n) is 3.64. The van der Waals surface area contributed by atoms with Crippen LogP contribution in [-0.4, -0.2) is 31.1 Å². The van der Waals surface area contributed by atoms with Crippen LogP contribution in [0.25, 0.3) is 0 Å². The van der Waals surface area contributed by atoms with Crippen molar-refractivity contribution in [3.05, 3.63) is 79.6 Å². The Morgan fingerprint density at radius 3 is 2.58 bits per heavy atom. The molecule has 0 spiro atoms. The standard InChI is InChI=1S/C25H21Cl2N3O5S/c1-34-25(33)21-18-3-2-4-20(18)36-24(21)29-22(31)23(32)30-28-12-14-5-9-17(10-6-14)35-13-15-7-8-16(26)11-19(15)27/h5-12H,2-4,13H2,1H3,(H,29,31)(H,30,32)/b28-12+. The van der Waals surface area contributed by atoms with Crippen molar-refractivity contribution in [3.63, 3.8) is 0 Å². The number of halogens is 2. The Bertz CT molecular complexity index is 1340. The quantitative estimate of drug-likeness (QED) is 0.188. The van der Waals surface area contributed by atoms with E-state index in [1.54, 1.807) is 42.5 Å². The summed E-state index contributed by atoms with van der Waals surface area (Å²) < 4.78 is 10.6. The molecule has 0 unspecified atom stereocenters. The number of hydrazone groups is 1. The molecule has 2 amide bonds. The van der Waals surface area contributed by atoms with E-state index in [1.165, 1.54) is 24.7 Å². The molecule has 3 aromatic rings. The average Bonchev–Trinajstić information content (AvgIpc) is 3.44. The summed E-state index contributed by atoms with van der Waals surface area (Å²) in [5, 5.41) is 7.72. The largest absolute Gasteiger partial charge is 0.489 e. The number of benzene rings is 2. The maximum atomic E-state index is 12.3. The monoisotopic (exact) mass is 545 g/mol. The molecule has 0 radical (unpaired) electrons. The van der Waals surface area contributed by atoms with Gasteiger partial charge in [0.05, 0.1) is 18.9 Å². The van der Waals surface area contributed by atoms with Gasteiger partial charge in [-0.1, -0.05) is 29.3 Å². The third-order valence-electron chi connectivity index (χ3n) is 5.41. The zero-order valence-corrected chi connectivity index (χ0v) is 21.4. The summed E-state index contributed by atoms with van der Waals surface area (Å²) in [6.45, 7) is 0.277. The molecule has 1 aliphatic carbocycles. The Kier molecular flexibility index (Phi) is 8.25. The van der Waals surface area contributed by atoms with Crippen molar-refractivity contribution in [1.82, 2.24) is 5.43 Å². The molecule has 0 bridgehead atoms. The van der Waals surface area contributed by atoms with Crippen LogP contribution in [0.4, 0.5) is 5.00 Å². The third kappa shape index (κ3) is 6.04. The molecule has 0 saturated heterocycles. The van der Waals surface area contributed by atoms with Crippen molar-refractivity contribution in [2.24, 2.45) is 5.10 Å². The van der Waals surface area contributed by atoms with Gasteiger partial charge in [0.1, 0.15) is 17.4 Å². The molecule has 8 nitrogen and oxygen atoms in total. The van der Waals surface area contributed by atoms with Crippen LogP contribution >= 0.6 is 34.5 Å². The number of thiophene rings is 1. The van der Waals surface area contributed by atoms with Gasteiger partial charge >= 0.3 is 17.8 Å². The number of carbonyl (C=O) groups excluding carboxylic acids is 3. The van der Waals surface area contributed by atoms with E-state index in [9.17, 15) is 14.4 Å². The Morgan fingerprint density at radius 1 is 1.08 bits per heavy atom. The molecule has 36 heavy (non-hydrogen) atoms. The van der Waals surface area contributed by atoms with E-state index in [0.717, 1.165) is 35.3 Å². The van der Waals surface area contributed by atoms with Crippen LogP contribution in [0.2, 0.25) is 10.0 Å². The number of carbonyl (C=O) groups is 3. The SMILES string of the molecule is COC(=O)c1c(NC(=O)C(=O)N/N=C/c2ccc(OCc3ccc(Cl)cc3Cl)cc2)sc2c1CCC2. The minimum Gasteiger partial charge on any atom is -0.489 e. The summed E-state index contributed by atoms with van der Waals surface area (Å²) in [6, 6.07) is 12.2. The van der Waals surface area contributed by atoms with E-state index < -0.39 is 17.8 Å². The number of ether oxygens (including phenoxy) is 2. The van der Waals surface area contributed by atoms with Crippen molar-refractivity contribution in [3.8, 4) is 5.75 Å². The molecule has 0 fully saturated rings. The zero-order chi connectivity index (χ0) is 25.7. The van der Waals surface area contributed by atoms with Gasteiger partial charge in [-0.05, 0) is 66.8 Å². The van der Waals surface area contributed by atoms with Gasteiger partial charge in [0.25, 0.3) is 0 Å². The molecule has 1 heterocycles. The smallest absolute Gasteiger partial charge is 0.341 e. The van der Waals surface area contributed by atoms with E-state index >= 15 is 0 Å². The Morgan fingerprint density at radius 2 is 1.86 bits per heavy atom. The Labute approximate surface area is 221 Å². The predicted octanol–water partition coefficient (Wildman–Crippen LogP) is 5.00. The van der Waals surface area contributed by atoms with Gasteiger partial charge in [0.15, 0.2) is 0 Å². The molecule has 11 heteroatoms. The molecule has 2 N–H and O–H groups in total. The molecule has 4 rings (SSSR count). The summed E-state index contributed by atoms with van der Waals surface area (Å²) in [5.41, 5.74) is 4.86. The molecule has 186 valence electrons. The van der Waals surface area contributed by atoms with Gasteiger partial charge in [0, 0.05) is 20.5 Å². The van der Waals surface area contributed by atoms with Gasteiger partial charge in [0.2, 0.25) is 0 Å². The first-order valence-corrected chi connectivity index (χ1v) is 12.5. The van der Waals surface area contributed by atoms with Crippen molar-refractivity contribution in [2.75, 3.05) is 12.4 Å². The molecular formula is C25H21Cl2N3O5S. The maximum absolute atomic E-state index is 12.3. The highest BCUT2D eigenvalue weighted by atomic mass is 35.5. The summed E-state index contributed by atoms with van der Waals surface area (Å²) in [7, 11) is 1.28. The number of esters is 1. The summed E-state index contributed by atoms with van der Waals surface area (Å²) in [5.74, 6) is -1.81. The van der Waals surface area contributed by atoms with Gasteiger partial charge in [-0.15, -0.1) is 11.3 Å². The van der Waals surface area contributed by atoms with Crippen LogP contribution in [0.5, 0.6) is 5.75 Å². The number of rotatable bonds is 7. The van der Waals surface area contributed by atoms with Gasteiger partial charge < -0.3 is 14.8 Å². The molecule has 2 aromatic carbocycles. The highest BCUT2D eigenvalue weighted by Gasteiger charge is 2.29. The maximum Gasteiger partial charge on any atom is 0.341 e. The van der Waals surface area contributed by atoms with Crippen LogP contribution in [-0.2, 0) is 33.8 Å². The highest BCUT2D eigenvalue weighted by Crippen LogP contribution is 2.39. The lowest BCUT2D eigenvalue weighted by atomic mass is 10.1. The van der Waals surface area contributed by atoms with E-state index in [2.05, 4.69) is 15.8 Å². The van der Waals surface area contributed by atoms with E-state index in [1.807, 2.05) is 0 Å². The van der Waals surface area contributed by atoms with Crippen molar-refractivity contribution in [1.29, 1.82) is 0 Å². The van der Waals surface area contributed by atoms with Gasteiger partial charge in [-0.25, -0.2) is 10.2 Å². The molecule has 0 atom stereocenters. The van der Waals surface area contributed by atoms with E-state index in [0.29, 0.717) is 31.9 Å². The number of methoxy groups -OCH3 is 1. The normalized spacial score (nSPS) is 12.3. The number of hydrogen-bond acceptors (Lipinski definition) is 7. The average molecular weight is 546 g/mol. The number of nitrogens with one attached hydrogen (secondary N) is 2. The highest BCUT2D eigenvalue weighted by molar-refractivity contribution is 7.17. The molecular weight excluding hydrogens is 525 g/mol. The first-order valence-electron chi connectivity index (χ1n) is 10.9. The van der Waals surface area contributed by atoms with Crippen molar-refractivity contribution in [2.45, 2.75) is 25.9 Å². The fraction of sp³-hybridized carbons (Fsp3) is 0.200. The molecule has 0 saturated carbocycles. The molecule has 1 aliphatic rings. The Balaban J connectivity index is 1.30. The number of anilines is 1. The second kappa shape index (κ2) is 11.6. The first kappa shape index (κ1) is 25.7. The van der Waals surface area contributed by atoms with Crippen LogP contribution in [0.3, 0.4) is 0 Å². The second-order valence-corrected chi connectivity index (χ2v) is 9.75. The third-order valence-corrected chi connectivity index (χ3v) is 7.21. The van der Waals surface area contributed by atoms with Gasteiger partial charge in [-0.3, -0.25) is 9.59 Å². The molecule has 1 aromatic heterocycles. The van der Waals surface area contributed by atoms with Crippen molar-refractivity contribution < 1.29 is 23.9 Å². The predicted molar refractivity (Wildman–Crippen MR) is 139 cm³/mol. The number of nitrogens with zero attached hydrogens (tertiary/aromatic N) is 1. The van der Waals surface area contributed by atoms with E-state index in [-0.39, 0.29) is 6.61 Å². The second-order valence-electron chi connectivity index (χ2n) is 7.80. The van der Waals surface area contributed by atoms with Crippen LogP contribution in [0, 0.1) is 0 Å². The number of fused-ring (bicyclic) bond motifs is 1. The lowest BCUT2D eigenvalue weighted by molar-refractivity contribution is -0.136. The van der Waals surface area contributed by atoms with Crippen LogP contribution < -0.4 is 15.5 Å². The number of hydrogen-bond donors (Lipinski definition) is 2. The minimum absolute atomic E-state index is 0.277. The summed E-state index contributed by atoms with van der Waals surface area (Å²) in [6.07, 6.45) is 3.90. The lowest BCUT2D eigenvalue weighted by Gasteiger charge is -2.08. The van der Waals surface area contributed by atoms with Gasteiger partial charge in [-0.2, -0.15) is 5.10 Å². The lowest BCUT2D eigenvalue weighted by Crippen LogP contribution is -2.32. The van der Waals surface area contributed by atoms with E-state index in [4.69, 9.17) is 32.7 Å². The Hall–Kier alpha value is -3.40. The topological polar surface area (TPSA) is 106 Å². The summed E-state index contributed by atoms with van der Waals surface area (Å²) in [4.78, 5) is 37.8. The molecule has 0 aliphatic heterocycles. The summed E-state index contributed by atoms with van der Waals surface area (Å²) >= 11 is 13.3.